The molecule has 9 heavy (non-hydrogen) atoms. The highest BCUT2D eigenvalue weighted by Crippen LogP contribution is 2.04. The summed E-state index contributed by atoms with van der Waals surface area (Å²) in [5, 5.41) is 0. The molecule has 0 aliphatic carbocycles. The summed E-state index contributed by atoms with van der Waals surface area (Å²) in [5.74, 6) is 0.160. The molecule has 1 heterocycles. The van der Waals surface area contributed by atoms with E-state index in [0.717, 1.165) is 25.7 Å². The number of carbonyl (C=O) groups excluding carboxylic acids is 1. The third-order valence-electron chi connectivity index (χ3n) is 1.46. The molecule has 0 aromatic rings. The van der Waals surface area contributed by atoms with Crippen molar-refractivity contribution in [1.82, 2.24) is 5.48 Å². The Morgan fingerprint density at radius 1 is 1.67 bits per heavy atom. The van der Waals surface area contributed by atoms with Crippen LogP contribution in [-0.4, -0.2) is 19.4 Å². The summed E-state index contributed by atoms with van der Waals surface area (Å²) >= 11 is 0. The van der Waals surface area contributed by atoms with Crippen molar-refractivity contribution in [3.05, 3.63) is 0 Å². The Kier molecular flexibility index (Phi) is 2.67. The Morgan fingerprint density at radius 3 is 3.33 bits per heavy atom. The quantitative estimate of drug-likeness (QED) is 0.511. The zero-order valence-electron chi connectivity index (χ0n) is 5.30. The van der Waals surface area contributed by atoms with E-state index in [1.807, 2.05) is 0 Å². The first kappa shape index (κ1) is 6.71. The molecular weight excluding hydrogens is 118 g/mol. The zero-order chi connectivity index (χ0) is 6.53. The number of hydrogen-bond donors (Lipinski definition) is 1. The van der Waals surface area contributed by atoms with Gasteiger partial charge in [0, 0.05) is 12.5 Å². The fraction of sp³-hybridized carbons (Fsp3) is 0.833. The van der Waals surface area contributed by atoms with Crippen LogP contribution in [0.4, 0.5) is 0 Å². The Hall–Kier alpha value is -0.410. The smallest absolute Gasteiger partial charge is 0.124 e. The number of hydrogen-bond acceptors (Lipinski definition) is 3. The Balaban J connectivity index is 2.26. The van der Waals surface area contributed by atoms with Crippen LogP contribution in [0, 0.1) is 5.92 Å². The van der Waals surface area contributed by atoms with Crippen LogP contribution >= 0.6 is 0 Å². The molecule has 0 radical (unpaired) electrons. The molecule has 0 amide bonds. The Labute approximate surface area is 54.3 Å². The lowest BCUT2D eigenvalue weighted by atomic mass is 10.1. The van der Waals surface area contributed by atoms with E-state index in [2.05, 4.69) is 5.48 Å². The first-order chi connectivity index (χ1) is 4.43. The van der Waals surface area contributed by atoms with Crippen molar-refractivity contribution in [2.45, 2.75) is 12.8 Å². The molecule has 1 saturated heterocycles. The minimum absolute atomic E-state index is 0.160. The fourth-order valence-electron chi connectivity index (χ4n) is 0.874. The first-order valence-corrected chi connectivity index (χ1v) is 3.23. The largest absolute Gasteiger partial charge is 0.303 e. The van der Waals surface area contributed by atoms with Crippen LogP contribution in [0.3, 0.4) is 0 Å². The van der Waals surface area contributed by atoms with Gasteiger partial charge < -0.3 is 9.63 Å². The van der Waals surface area contributed by atoms with E-state index < -0.39 is 0 Å². The molecule has 0 spiro atoms. The first-order valence-electron chi connectivity index (χ1n) is 3.23. The van der Waals surface area contributed by atoms with E-state index in [4.69, 9.17) is 4.84 Å². The summed E-state index contributed by atoms with van der Waals surface area (Å²) in [5.41, 5.74) is 2.72. The molecule has 52 valence electrons. The van der Waals surface area contributed by atoms with Crippen molar-refractivity contribution in [2.75, 3.05) is 13.2 Å². The van der Waals surface area contributed by atoms with Gasteiger partial charge >= 0.3 is 0 Å². The maximum Gasteiger partial charge on any atom is 0.124 e. The van der Waals surface area contributed by atoms with Crippen LogP contribution in [0.25, 0.3) is 0 Å². The van der Waals surface area contributed by atoms with Gasteiger partial charge in [-0.15, -0.1) is 0 Å². The molecule has 1 fully saturated rings. The van der Waals surface area contributed by atoms with Gasteiger partial charge in [-0.2, -0.15) is 0 Å². The van der Waals surface area contributed by atoms with Crippen molar-refractivity contribution < 1.29 is 9.63 Å². The SMILES string of the molecule is O=CC1CCCONC1. The van der Waals surface area contributed by atoms with Crippen LogP contribution in [-0.2, 0) is 9.63 Å². The summed E-state index contributed by atoms with van der Waals surface area (Å²) in [6.45, 7) is 1.40. The minimum Gasteiger partial charge on any atom is -0.303 e. The molecule has 0 bridgehead atoms. The topological polar surface area (TPSA) is 38.3 Å². The van der Waals surface area contributed by atoms with Gasteiger partial charge in [-0.3, -0.25) is 0 Å². The monoisotopic (exact) mass is 129 g/mol. The van der Waals surface area contributed by atoms with Crippen molar-refractivity contribution in [3.8, 4) is 0 Å². The highest BCUT2D eigenvalue weighted by atomic mass is 16.6. The molecule has 1 unspecified atom stereocenters. The lowest BCUT2D eigenvalue weighted by molar-refractivity contribution is -0.111. The van der Waals surface area contributed by atoms with Gasteiger partial charge in [0.25, 0.3) is 0 Å². The summed E-state index contributed by atoms with van der Waals surface area (Å²) < 4.78 is 0. The van der Waals surface area contributed by atoms with Gasteiger partial charge in [0.2, 0.25) is 0 Å². The van der Waals surface area contributed by atoms with E-state index in [9.17, 15) is 4.79 Å². The lowest BCUT2D eigenvalue weighted by Crippen LogP contribution is -2.20. The maximum absolute atomic E-state index is 10.2. The molecule has 0 aromatic heterocycles. The predicted octanol–water partition coefficient (Wildman–Crippen LogP) is 0.116. The zero-order valence-corrected chi connectivity index (χ0v) is 5.30. The van der Waals surface area contributed by atoms with Crippen molar-refractivity contribution >= 4 is 6.29 Å². The molecule has 1 atom stereocenters. The second-order valence-corrected chi connectivity index (χ2v) is 2.24. The van der Waals surface area contributed by atoms with Crippen molar-refractivity contribution in [3.63, 3.8) is 0 Å². The van der Waals surface area contributed by atoms with Gasteiger partial charge in [0.1, 0.15) is 6.29 Å². The highest BCUT2D eigenvalue weighted by molar-refractivity contribution is 5.53. The third-order valence-corrected chi connectivity index (χ3v) is 1.46. The summed E-state index contributed by atoms with van der Waals surface area (Å²) in [6, 6.07) is 0. The Bertz CT molecular complexity index is 87.1. The molecule has 0 aromatic carbocycles. The Morgan fingerprint density at radius 2 is 2.56 bits per heavy atom. The molecule has 0 saturated carbocycles. The lowest BCUT2D eigenvalue weighted by Gasteiger charge is -2.01. The number of hydroxylamine groups is 1. The van der Waals surface area contributed by atoms with E-state index in [1.54, 1.807) is 0 Å². The third kappa shape index (κ3) is 2.11. The van der Waals surface area contributed by atoms with Crippen molar-refractivity contribution in [2.24, 2.45) is 5.92 Å². The average molecular weight is 129 g/mol. The van der Waals surface area contributed by atoms with Gasteiger partial charge in [-0.25, -0.2) is 5.48 Å². The van der Waals surface area contributed by atoms with Gasteiger partial charge in [-0.1, -0.05) is 0 Å². The normalized spacial score (nSPS) is 29.1. The molecule has 3 heteroatoms. The fourth-order valence-corrected chi connectivity index (χ4v) is 0.874. The van der Waals surface area contributed by atoms with Gasteiger partial charge in [-0.05, 0) is 12.8 Å². The van der Waals surface area contributed by atoms with Gasteiger partial charge in [0.15, 0.2) is 0 Å². The molecule has 1 rings (SSSR count). The number of nitrogens with one attached hydrogen (secondary N) is 1. The van der Waals surface area contributed by atoms with E-state index >= 15 is 0 Å². The van der Waals surface area contributed by atoms with E-state index in [1.165, 1.54) is 0 Å². The summed E-state index contributed by atoms with van der Waals surface area (Å²) in [6.07, 6.45) is 2.93. The number of rotatable bonds is 1. The number of carbonyl (C=O) groups is 1. The molecule has 1 aliphatic heterocycles. The highest BCUT2D eigenvalue weighted by Gasteiger charge is 2.09. The molecule has 1 aliphatic rings. The number of aldehydes is 1. The second-order valence-electron chi connectivity index (χ2n) is 2.24. The predicted molar refractivity (Wildman–Crippen MR) is 32.7 cm³/mol. The minimum atomic E-state index is 0.160. The molecule has 1 N–H and O–H groups in total. The van der Waals surface area contributed by atoms with Crippen LogP contribution in [0.15, 0.2) is 0 Å². The maximum atomic E-state index is 10.2. The average Bonchev–Trinajstić information content (AvgIpc) is 2.13. The summed E-state index contributed by atoms with van der Waals surface area (Å²) in [7, 11) is 0. The molecule has 3 nitrogen and oxygen atoms in total. The van der Waals surface area contributed by atoms with Crippen LogP contribution < -0.4 is 5.48 Å². The van der Waals surface area contributed by atoms with Crippen LogP contribution in [0.2, 0.25) is 0 Å². The second kappa shape index (κ2) is 3.58. The van der Waals surface area contributed by atoms with Crippen LogP contribution in [0.1, 0.15) is 12.8 Å². The van der Waals surface area contributed by atoms with Crippen molar-refractivity contribution in [1.29, 1.82) is 0 Å². The van der Waals surface area contributed by atoms with Crippen LogP contribution in [0.5, 0.6) is 0 Å². The molecular formula is C6H11NO2. The van der Waals surface area contributed by atoms with Gasteiger partial charge in [0.05, 0.1) is 6.61 Å². The van der Waals surface area contributed by atoms with E-state index in [-0.39, 0.29) is 5.92 Å². The summed E-state index contributed by atoms with van der Waals surface area (Å²) in [4.78, 5) is 15.1. The standard InChI is InChI=1S/C6H11NO2/c8-5-6-2-1-3-9-7-4-6/h5-7H,1-4H2. The van der Waals surface area contributed by atoms with E-state index in [0.29, 0.717) is 6.54 Å².